The summed E-state index contributed by atoms with van der Waals surface area (Å²) in [6.45, 7) is 3.56. The first-order valence-electron chi connectivity index (χ1n) is 4.98. The molecule has 0 amide bonds. The molecule has 2 heterocycles. The molecule has 0 aliphatic heterocycles. The number of nitrogens with zero attached hydrogens (tertiary/aromatic N) is 2. The van der Waals surface area contributed by atoms with E-state index < -0.39 is 0 Å². The van der Waals surface area contributed by atoms with Crippen molar-refractivity contribution in [2.24, 2.45) is 0 Å². The van der Waals surface area contributed by atoms with E-state index in [1.54, 1.807) is 11.3 Å². The quantitative estimate of drug-likeness (QED) is 0.840. The number of halogens is 1. The number of rotatable bonds is 4. The second-order valence-corrected chi connectivity index (χ2v) is 5.61. The van der Waals surface area contributed by atoms with Gasteiger partial charge in [0, 0.05) is 17.5 Å². The first kappa shape index (κ1) is 11.6. The number of aromatic nitrogens is 1. The van der Waals surface area contributed by atoms with Crippen molar-refractivity contribution in [3.05, 3.63) is 38.9 Å². The van der Waals surface area contributed by atoms with Crippen molar-refractivity contribution in [3.63, 3.8) is 0 Å². The van der Waals surface area contributed by atoms with Gasteiger partial charge >= 0.3 is 0 Å². The highest BCUT2D eigenvalue weighted by atomic mass is 35.5. The minimum Gasteiger partial charge on any atom is -0.360 e. The molecule has 3 nitrogen and oxygen atoms in total. The molecule has 0 bridgehead atoms. The Labute approximate surface area is 104 Å². The lowest BCUT2D eigenvalue weighted by atomic mass is 10.3. The maximum absolute atomic E-state index is 5.88. The standard InChI is InChI=1S/C11H13ClN2OS/c1-8-5-9(15-13-8)6-14(2)7-10-3-4-11(12)16-10/h3-5H,6-7H2,1-2H3. The lowest BCUT2D eigenvalue weighted by Crippen LogP contribution is -2.16. The molecule has 0 fully saturated rings. The van der Waals surface area contributed by atoms with Crippen molar-refractivity contribution < 1.29 is 4.52 Å². The van der Waals surface area contributed by atoms with Crippen molar-refractivity contribution in [1.29, 1.82) is 0 Å². The Balaban J connectivity index is 1.91. The highest BCUT2D eigenvalue weighted by molar-refractivity contribution is 7.16. The summed E-state index contributed by atoms with van der Waals surface area (Å²) in [5, 5.41) is 3.86. The van der Waals surface area contributed by atoms with Crippen LogP contribution < -0.4 is 0 Å². The highest BCUT2D eigenvalue weighted by Gasteiger charge is 2.07. The van der Waals surface area contributed by atoms with E-state index in [1.807, 2.05) is 26.1 Å². The van der Waals surface area contributed by atoms with E-state index >= 15 is 0 Å². The molecule has 0 aliphatic carbocycles. The molecule has 2 aromatic heterocycles. The molecule has 0 aliphatic rings. The third-order valence-corrected chi connectivity index (χ3v) is 3.37. The summed E-state index contributed by atoms with van der Waals surface area (Å²) in [6.07, 6.45) is 0. The van der Waals surface area contributed by atoms with Crippen LogP contribution in [0.1, 0.15) is 16.3 Å². The van der Waals surface area contributed by atoms with E-state index in [0.29, 0.717) is 0 Å². The zero-order chi connectivity index (χ0) is 11.5. The Kier molecular flexibility index (Phi) is 3.63. The number of thiophene rings is 1. The maximum Gasteiger partial charge on any atom is 0.150 e. The Hall–Kier alpha value is -0.840. The van der Waals surface area contributed by atoms with Gasteiger partial charge in [0.15, 0.2) is 5.76 Å². The van der Waals surface area contributed by atoms with E-state index in [4.69, 9.17) is 16.1 Å². The molecule has 5 heteroatoms. The second kappa shape index (κ2) is 4.99. The largest absolute Gasteiger partial charge is 0.360 e. The van der Waals surface area contributed by atoms with Crippen LogP contribution in [-0.2, 0) is 13.1 Å². The van der Waals surface area contributed by atoms with Crippen LogP contribution in [0.15, 0.2) is 22.7 Å². The van der Waals surface area contributed by atoms with Gasteiger partial charge in [0.05, 0.1) is 16.6 Å². The van der Waals surface area contributed by atoms with Crippen LogP contribution in [0, 0.1) is 6.92 Å². The maximum atomic E-state index is 5.88. The summed E-state index contributed by atoms with van der Waals surface area (Å²) >= 11 is 7.49. The first-order chi connectivity index (χ1) is 7.63. The Morgan fingerprint density at radius 2 is 2.25 bits per heavy atom. The van der Waals surface area contributed by atoms with Crippen LogP contribution in [0.3, 0.4) is 0 Å². The molecule has 0 saturated carbocycles. The van der Waals surface area contributed by atoms with Gasteiger partial charge in [-0.3, -0.25) is 4.90 Å². The topological polar surface area (TPSA) is 29.3 Å². The van der Waals surface area contributed by atoms with Gasteiger partial charge in [-0.1, -0.05) is 16.8 Å². The average Bonchev–Trinajstić information content (AvgIpc) is 2.76. The van der Waals surface area contributed by atoms with Crippen molar-refractivity contribution in [2.75, 3.05) is 7.05 Å². The van der Waals surface area contributed by atoms with Gasteiger partial charge in [0.2, 0.25) is 0 Å². The lowest BCUT2D eigenvalue weighted by molar-refractivity contribution is 0.267. The summed E-state index contributed by atoms with van der Waals surface area (Å²) in [6, 6.07) is 5.93. The molecule has 0 atom stereocenters. The molecule has 2 aromatic rings. The predicted molar refractivity (Wildman–Crippen MR) is 65.7 cm³/mol. The summed E-state index contributed by atoms with van der Waals surface area (Å²) in [5.74, 6) is 0.891. The van der Waals surface area contributed by atoms with Crippen LogP contribution in [0.2, 0.25) is 4.34 Å². The van der Waals surface area contributed by atoms with E-state index in [0.717, 1.165) is 28.9 Å². The van der Waals surface area contributed by atoms with Crippen molar-refractivity contribution in [3.8, 4) is 0 Å². The molecule has 0 unspecified atom stereocenters. The fraction of sp³-hybridized carbons (Fsp3) is 0.364. The van der Waals surface area contributed by atoms with Crippen LogP contribution in [-0.4, -0.2) is 17.1 Å². The van der Waals surface area contributed by atoms with Crippen molar-refractivity contribution in [1.82, 2.24) is 10.1 Å². The SMILES string of the molecule is Cc1cc(CN(C)Cc2ccc(Cl)s2)on1. The molecular weight excluding hydrogens is 244 g/mol. The van der Waals surface area contributed by atoms with Gasteiger partial charge in [-0.25, -0.2) is 0 Å². The summed E-state index contributed by atoms with van der Waals surface area (Å²) in [7, 11) is 2.05. The zero-order valence-electron chi connectivity index (χ0n) is 9.24. The number of hydrogen-bond acceptors (Lipinski definition) is 4. The fourth-order valence-electron chi connectivity index (χ4n) is 1.52. The van der Waals surface area contributed by atoms with Gasteiger partial charge in [0.1, 0.15) is 0 Å². The van der Waals surface area contributed by atoms with Gasteiger partial charge in [-0.2, -0.15) is 0 Å². The third kappa shape index (κ3) is 3.07. The minimum absolute atomic E-state index is 0.760. The van der Waals surface area contributed by atoms with Gasteiger partial charge in [-0.05, 0) is 26.1 Å². The predicted octanol–water partition coefficient (Wildman–Crippen LogP) is 3.33. The van der Waals surface area contributed by atoms with E-state index in [-0.39, 0.29) is 0 Å². The average molecular weight is 257 g/mol. The molecule has 2 rings (SSSR count). The Bertz CT molecular complexity index is 424. The Morgan fingerprint density at radius 3 is 2.81 bits per heavy atom. The van der Waals surface area contributed by atoms with Gasteiger partial charge < -0.3 is 4.52 Å². The van der Waals surface area contributed by atoms with Crippen LogP contribution in [0.4, 0.5) is 0 Å². The summed E-state index contributed by atoms with van der Waals surface area (Å²) in [4.78, 5) is 3.42. The normalized spacial score (nSPS) is 11.2. The van der Waals surface area contributed by atoms with E-state index in [9.17, 15) is 0 Å². The molecule has 0 radical (unpaired) electrons. The van der Waals surface area contributed by atoms with Crippen molar-refractivity contribution >= 4 is 22.9 Å². The summed E-state index contributed by atoms with van der Waals surface area (Å²) in [5.41, 5.74) is 0.919. The molecule has 0 N–H and O–H groups in total. The number of hydrogen-bond donors (Lipinski definition) is 0. The molecule has 0 aromatic carbocycles. The van der Waals surface area contributed by atoms with Crippen LogP contribution >= 0.6 is 22.9 Å². The first-order valence-corrected chi connectivity index (χ1v) is 6.18. The van der Waals surface area contributed by atoms with Gasteiger partial charge in [-0.15, -0.1) is 11.3 Å². The van der Waals surface area contributed by atoms with Crippen LogP contribution in [0.5, 0.6) is 0 Å². The fourth-order valence-corrected chi connectivity index (χ4v) is 2.68. The minimum atomic E-state index is 0.760. The van der Waals surface area contributed by atoms with E-state index in [1.165, 1.54) is 4.88 Å². The number of aryl methyl sites for hydroxylation is 1. The second-order valence-electron chi connectivity index (χ2n) is 3.81. The van der Waals surface area contributed by atoms with Gasteiger partial charge in [0.25, 0.3) is 0 Å². The molecule has 0 saturated heterocycles. The smallest absolute Gasteiger partial charge is 0.150 e. The molecular formula is C11H13ClN2OS. The third-order valence-electron chi connectivity index (χ3n) is 2.16. The molecule has 86 valence electrons. The highest BCUT2D eigenvalue weighted by Crippen LogP contribution is 2.22. The lowest BCUT2D eigenvalue weighted by Gasteiger charge is -2.12. The van der Waals surface area contributed by atoms with Crippen molar-refractivity contribution in [2.45, 2.75) is 20.0 Å². The van der Waals surface area contributed by atoms with Crippen LogP contribution in [0.25, 0.3) is 0 Å². The zero-order valence-corrected chi connectivity index (χ0v) is 10.8. The molecule has 0 spiro atoms. The Morgan fingerprint density at radius 1 is 1.44 bits per heavy atom. The summed E-state index contributed by atoms with van der Waals surface area (Å²) < 4.78 is 6.00. The van der Waals surface area contributed by atoms with E-state index in [2.05, 4.69) is 16.1 Å². The molecule has 16 heavy (non-hydrogen) atoms. The monoisotopic (exact) mass is 256 g/mol.